The van der Waals surface area contributed by atoms with Crippen molar-refractivity contribution >= 4 is 63.2 Å². The number of nitrogens with two attached hydrogens (primary N) is 2. The summed E-state index contributed by atoms with van der Waals surface area (Å²) in [5.41, 5.74) is 1.22. The van der Waals surface area contributed by atoms with Crippen LogP contribution in [-0.4, -0.2) is 40.0 Å². The molecule has 2 heterocycles. The Morgan fingerprint density at radius 2 is 1.12 bits per heavy atom. The molecule has 0 bridgehead atoms. The first-order valence-corrected chi connectivity index (χ1v) is 13.9. The highest BCUT2D eigenvalue weighted by Gasteiger charge is 2.15. The normalized spacial score (nSPS) is 11.9. The molecule has 4 rings (SSSR count). The van der Waals surface area contributed by atoms with E-state index in [2.05, 4.69) is 9.97 Å². The number of rotatable bonds is 6. The number of nitrogens with zero attached hydrogens (tertiary/aromatic N) is 2. The molecule has 0 aliphatic carbocycles. The Hall–Kier alpha value is -2.36. The summed E-state index contributed by atoms with van der Waals surface area (Å²) in [4.78, 5) is 7.87. The van der Waals surface area contributed by atoms with Crippen LogP contribution < -0.4 is 19.8 Å². The first kappa shape index (κ1) is 24.3. The average molecular weight is 517 g/mol. The van der Waals surface area contributed by atoms with E-state index in [1.54, 1.807) is 36.4 Å². The molecule has 0 aliphatic rings. The second-order valence-electron chi connectivity index (χ2n) is 6.17. The summed E-state index contributed by atoms with van der Waals surface area (Å²) in [6.07, 6.45) is 0. The Bertz CT molecular complexity index is 1350. The van der Waals surface area contributed by atoms with Gasteiger partial charge in [-0.15, -0.1) is 22.7 Å². The topological polar surface area (TPSA) is 165 Å². The summed E-state index contributed by atoms with van der Waals surface area (Å²) in [5.74, 6) is 1.39. The molecule has 0 radical (unpaired) electrons. The number of benzene rings is 2. The van der Waals surface area contributed by atoms with Gasteiger partial charge >= 0.3 is 0 Å². The van der Waals surface area contributed by atoms with E-state index in [0.717, 1.165) is 32.1 Å². The number of sulfonamides is 2. The predicted octanol–water partition coefficient (Wildman–Crippen LogP) is 2.68. The van der Waals surface area contributed by atoms with Gasteiger partial charge in [0, 0.05) is 0 Å². The van der Waals surface area contributed by atoms with Crippen LogP contribution in [0.2, 0.25) is 0 Å². The van der Waals surface area contributed by atoms with Crippen LogP contribution in [0.25, 0.3) is 20.4 Å². The second kappa shape index (κ2) is 9.64. The Morgan fingerprint density at radius 1 is 0.750 bits per heavy atom. The van der Waals surface area contributed by atoms with Gasteiger partial charge in [0.2, 0.25) is 8.68 Å². The second-order valence-corrected chi connectivity index (χ2v) is 11.7. The molecule has 0 aliphatic heterocycles. The van der Waals surface area contributed by atoms with Crippen LogP contribution in [0.4, 0.5) is 0 Å². The third-order valence-corrected chi connectivity index (χ3v) is 8.46. The fourth-order valence-electron chi connectivity index (χ4n) is 2.52. The summed E-state index contributed by atoms with van der Waals surface area (Å²) >= 11 is 2.08. The van der Waals surface area contributed by atoms with Gasteiger partial charge in [0.15, 0.2) is 0 Å². The minimum atomic E-state index is -3.72. The lowest BCUT2D eigenvalue weighted by Crippen LogP contribution is -2.11. The van der Waals surface area contributed by atoms with Gasteiger partial charge in [-0.1, -0.05) is 0 Å². The molecular weight excluding hydrogens is 496 g/mol. The molecule has 10 nitrogen and oxygen atoms in total. The molecule has 14 heteroatoms. The van der Waals surface area contributed by atoms with Gasteiger partial charge in [0.25, 0.3) is 20.0 Å². The van der Waals surface area contributed by atoms with Gasteiger partial charge in [-0.2, -0.15) is 0 Å². The average Bonchev–Trinajstić information content (AvgIpc) is 3.32. The van der Waals surface area contributed by atoms with Gasteiger partial charge in [-0.05, 0) is 50.2 Å². The molecule has 2 aromatic heterocycles. The number of ether oxygens (including phenoxy) is 2. The molecule has 4 N–H and O–H groups in total. The fraction of sp³-hybridized carbons (Fsp3) is 0.222. The van der Waals surface area contributed by atoms with Crippen molar-refractivity contribution in [3.8, 4) is 11.5 Å². The number of primary sulfonamides is 2. The standard InChI is InChI=1S/2C9H10N2O3S2/c2*1-2-14-6-3-4-7-8(5-6)15-9(11-7)16(10,12)13/h2*3-5H,2H2,1H3,(H2,10,12,13). The lowest BCUT2D eigenvalue weighted by atomic mass is 10.3. The predicted molar refractivity (Wildman–Crippen MR) is 124 cm³/mol. The van der Waals surface area contributed by atoms with E-state index in [4.69, 9.17) is 19.8 Å². The van der Waals surface area contributed by atoms with Crippen molar-refractivity contribution in [2.75, 3.05) is 13.2 Å². The maximum absolute atomic E-state index is 11.1. The summed E-state index contributed by atoms with van der Waals surface area (Å²) in [6, 6.07) is 10.4. The molecule has 4 aromatic rings. The van der Waals surface area contributed by atoms with E-state index < -0.39 is 20.0 Å². The molecule has 172 valence electrons. The zero-order valence-electron chi connectivity index (χ0n) is 17.0. The summed E-state index contributed by atoms with van der Waals surface area (Å²) in [5, 5.41) is 10.0. The van der Waals surface area contributed by atoms with Gasteiger partial charge in [0.1, 0.15) is 11.5 Å². The van der Waals surface area contributed by atoms with E-state index in [0.29, 0.717) is 35.7 Å². The largest absolute Gasteiger partial charge is 0.494 e. The van der Waals surface area contributed by atoms with E-state index in [9.17, 15) is 16.8 Å². The van der Waals surface area contributed by atoms with Crippen molar-refractivity contribution < 1.29 is 26.3 Å². The van der Waals surface area contributed by atoms with Crippen molar-refractivity contribution in [3.63, 3.8) is 0 Å². The molecule has 0 fully saturated rings. The van der Waals surface area contributed by atoms with Crippen LogP contribution in [0, 0.1) is 0 Å². The van der Waals surface area contributed by atoms with Gasteiger partial charge < -0.3 is 9.47 Å². The van der Waals surface area contributed by atoms with Gasteiger partial charge in [0.05, 0.1) is 33.6 Å². The summed E-state index contributed by atoms with van der Waals surface area (Å²) in [7, 11) is -7.45. The minimum absolute atomic E-state index is 0.0730. The maximum Gasteiger partial charge on any atom is 0.265 e. The Morgan fingerprint density at radius 3 is 1.44 bits per heavy atom. The maximum atomic E-state index is 11.1. The monoisotopic (exact) mass is 516 g/mol. The number of hydrogen-bond donors (Lipinski definition) is 2. The highest BCUT2D eigenvalue weighted by Crippen LogP contribution is 2.29. The molecule has 0 atom stereocenters. The van der Waals surface area contributed by atoms with E-state index in [-0.39, 0.29) is 8.68 Å². The fourth-order valence-corrected chi connectivity index (χ4v) is 5.89. The zero-order valence-corrected chi connectivity index (χ0v) is 20.3. The molecular formula is C18H20N4O6S4. The quantitative estimate of drug-likeness (QED) is 0.395. The van der Waals surface area contributed by atoms with Crippen LogP contribution in [0.5, 0.6) is 11.5 Å². The van der Waals surface area contributed by atoms with Crippen molar-refractivity contribution in [1.82, 2.24) is 9.97 Å². The Labute approximate surface area is 192 Å². The highest BCUT2D eigenvalue weighted by molar-refractivity contribution is 7.91. The molecule has 0 unspecified atom stereocenters. The lowest BCUT2D eigenvalue weighted by Gasteiger charge is -2.00. The zero-order chi connectivity index (χ0) is 23.5. The van der Waals surface area contributed by atoms with Crippen LogP contribution in [-0.2, 0) is 20.0 Å². The van der Waals surface area contributed by atoms with Crippen molar-refractivity contribution in [1.29, 1.82) is 0 Å². The van der Waals surface area contributed by atoms with E-state index in [1.807, 2.05) is 13.8 Å². The molecule has 0 saturated heterocycles. The minimum Gasteiger partial charge on any atom is -0.494 e. The van der Waals surface area contributed by atoms with Crippen LogP contribution in [0.1, 0.15) is 13.8 Å². The number of thiazole rings is 2. The number of aromatic nitrogens is 2. The highest BCUT2D eigenvalue weighted by atomic mass is 32.3. The Kier molecular flexibility index (Phi) is 7.32. The Balaban J connectivity index is 0.000000181. The number of hydrogen-bond acceptors (Lipinski definition) is 10. The SMILES string of the molecule is CCOc1ccc2nc(S(N)(=O)=O)sc2c1.CCOc1ccc2nc(S(N)(=O)=O)sc2c1. The first-order chi connectivity index (χ1) is 15.0. The summed E-state index contributed by atoms with van der Waals surface area (Å²) < 4.78 is 56.4. The molecule has 0 amide bonds. The van der Waals surface area contributed by atoms with Crippen LogP contribution in [0.15, 0.2) is 45.1 Å². The molecule has 2 aromatic carbocycles. The third-order valence-electron chi connectivity index (χ3n) is 3.79. The van der Waals surface area contributed by atoms with Crippen LogP contribution >= 0.6 is 22.7 Å². The third kappa shape index (κ3) is 5.90. The van der Waals surface area contributed by atoms with Gasteiger partial charge in [-0.3, -0.25) is 0 Å². The molecule has 0 spiro atoms. The summed E-state index contributed by atoms with van der Waals surface area (Å²) in [6.45, 7) is 4.89. The first-order valence-electron chi connectivity index (χ1n) is 9.13. The smallest absolute Gasteiger partial charge is 0.265 e. The lowest BCUT2D eigenvalue weighted by molar-refractivity contribution is 0.340. The molecule has 0 saturated carbocycles. The van der Waals surface area contributed by atoms with E-state index >= 15 is 0 Å². The van der Waals surface area contributed by atoms with Crippen molar-refractivity contribution in [2.45, 2.75) is 22.5 Å². The van der Waals surface area contributed by atoms with Gasteiger partial charge in [-0.25, -0.2) is 37.1 Å². The van der Waals surface area contributed by atoms with Crippen molar-refractivity contribution in [3.05, 3.63) is 36.4 Å². The number of fused-ring (bicyclic) bond motifs is 2. The van der Waals surface area contributed by atoms with Crippen LogP contribution in [0.3, 0.4) is 0 Å². The van der Waals surface area contributed by atoms with E-state index in [1.165, 1.54) is 0 Å². The van der Waals surface area contributed by atoms with Crippen molar-refractivity contribution in [2.24, 2.45) is 10.3 Å². The molecule has 32 heavy (non-hydrogen) atoms.